The number of aliphatic imine (C=N–C) groups is 1. The predicted molar refractivity (Wildman–Crippen MR) is 74.4 cm³/mol. The maximum atomic E-state index is 12.5. The number of hydrogen-bond acceptors (Lipinski definition) is 4. The second-order valence-electron chi connectivity index (χ2n) is 4.14. The molecule has 110 valence electrons. The Bertz CT molecular complexity index is 597. The molecule has 4 nitrogen and oxygen atoms in total. The lowest BCUT2D eigenvalue weighted by Gasteiger charge is -2.07. The van der Waals surface area contributed by atoms with Gasteiger partial charge in [0.05, 0.1) is 6.54 Å². The molecule has 0 radical (unpaired) electrons. The summed E-state index contributed by atoms with van der Waals surface area (Å²) in [6.45, 7) is 0.763. The Kier molecular flexibility index (Phi) is 4.86. The van der Waals surface area contributed by atoms with E-state index in [0.29, 0.717) is 13.1 Å². The van der Waals surface area contributed by atoms with Crippen LogP contribution < -0.4 is 5.32 Å². The number of nitrogens with one attached hydrogen (secondary N) is 1. The van der Waals surface area contributed by atoms with Gasteiger partial charge in [-0.1, -0.05) is 30.3 Å². The number of aromatic nitrogens is 2. The zero-order valence-corrected chi connectivity index (χ0v) is 11.0. The summed E-state index contributed by atoms with van der Waals surface area (Å²) in [4.78, 5) is 11.3. The third-order valence-corrected chi connectivity index (χ3v) is 2.51. The summed E-state index contributed by atoms with van der Waals surface area (Å²) >= 11 is 0. The van der Waals surface area contributed by atoms with Gasteiger partial charge in [-0.05, 0) is 11.6 Å². The van der Waals surface area contributed by atoms with Gasteiger partial charge in [0, 0.05) is 19.0 Å². The van der Waals surface area contributed by atoms with Crippen molar-refractivity contribution in [3.8, 4) is 0 Å². The molecule has 1 N–H and O–H groups in total. The first-order chi connectivity index (χ1) is 10.1. The molecule has 0 fully saturated rings. The predicted octanol–water partition coefficient (Wildman–Crippen LogP) is 3.03. The molecule has 0 saturated carbocycles. The van der Waals surface area contributed by atoms with E-state index < -0.39 is 11.9 Å². The smallest absolute Gasteiger partial charge is 0.352 e. The van der Waals surface area contributed by atoms with Crippen molar-refractivity contribution in [2.75, 3.05) is 18.4 Å². The molecule has 0 saturated heterocycles. The molecule has 0 atom stereocenters. The monoisotopic (exact) mass is 294 g/mol. The summed E-state index contributed by atoms with van der Waals surface area (Å²) < 4.78 is 37.4. The molecule has 0 spiro atoms. The van der Waals surface area contributed by atoms with Gasteiger partial charge in [-0.25, -0.2) is 9.97 Å². The lowest BCUT2D eigenvalue weighted by Crippen LogP contribution is -2.13. The van der Waals surface area contributed by atoms with Crippen LogP contribution in [0.25, 0.3) is 0 Å². The van der Waals surface area contributed by atoms with Gasteiger partial charge in [-0.15, -0.1) is 0 Å². The molecule has 0 aliphatic rings. The fourth-order valence-electron chi connectivity index (χ4n) is 1.54. The highest BCUT2D eigenvalue weighted by Crippen LogP contribution is 2.27. The van der Waals surface area contributed by atoms with Crippen LogP contribution in [0, 0.1) is 0 Å². The lowest BCUT2D eigenvalue weighted by atomic mass is 10.2. The largest absolute Gasteiger partial charge is 0.433 e. The Balaban J connectivity index is 1.83. The molecule has 1 aromatic carbocycles. The van der Waals surface area contributed by atoms with Crippen LogP contribution in [0.5, 0.6) is 0 Å². The molecule has 0 aliphatic heterocycles. The number of halogens is 3. The second kappa shape index (κ2) is 6.83. The van der Waals surface area contributed by atoms with Crippen LogP contribution >= 0.6 is 0 Å². The van der Waals surface area contributed by atoms with Gasteiger partial charge in [-0.3, -0.25) is 4.99 Å². The van der Waals surface area contributed by atoms with Crippen molar-refractivity contribution in [1.82, 2.24) is 9.97 Å². The van der Waals surface area contributed by atoms with Crippen molar-refractivity contribution in [3.05, 3.63) is 53.9 Å². The quantitative estimate of drug-likeness (QED) is 0.681. The maximum Gasteiger partial charge on any atom is 0.433 e. The van der Waals surface area contributed by atoms with Crippen LogP contribution in [-0.4, -0.2) is 29.3 Å². The van der Waals surface area contributed by atoms with E-state index in [9.17, 15) is 13.2 Å². The van der Waals surface area contributed by atoms with E-state index in [-0.39, 0.29) is 5.95 Å². The van der Waals surface area contributed by atoms with Gasteiger partial charge in [0.25, 0.3) is 0 Å². The molecular weight excluding hydrogens is 281 g/mol. The molecule has 0 unspecified atom stereocenters. The summed E-state index contributed by atoms with van der Waals surface area (Å²) in [5, 5.41) is 2.71. The number of hydrogen-bond donors (Lipinski definition) is 1. The summed E-state index contributed by atoms with van der Waals surface area (Å²) in [6.07, 6.45) is -1.69. The summed E-state index contributed by atoms with van der Waals surface area (Å²) in [5.41, 5.74) is 0.000561. The van der Waals surface area contributed by atoms with E-state index in [1.807, 2.05) is 30.3 Å². The van der Waals surface area contributed by atoms with E-state index in [1.54, 1.807) is 6.21 Å². The average molecular weight is 294 g/mol. The Labute approximate surface area is 119 Å². The van der Waals surface area contributed by atoms with E-state index in [1.165, 1.54) is 0 Å². The Morgan fingerprint density at radius 1 is 1.14 bits per heavy atom. The first kappa shape index (κ1) is 15.0. The molecule has 1 heterocycles. The minimum absolute atomic E-state index is 0.0558. The summed E-state index contributed by atoms with van der Waals surface area (Å²) in [6, 6.07) is 10.4. The molecule has 21 heavy (non-hydrogen) atoms. The molecule has 1 aromatic heterocycles. The van der Waals surface area contributed by atoms with Crippen LogP contribution in [0.1, 0.15) is 11.3 Å². The molecular formula is C14H13F3N4. The zero-order valence-electron chi connectivity index (χ0n) is 11.0. The van der Waals surface area contributed by atoms with Crippen LogP contribution in [0.3, 0.4) is 0 Å². The third-order valence-electron chi connectivity index (χ3n) is 2.51. The first-order valence-corrected chi connectivity index (χ1v) is 6.25. The number of benzene rings is 1. The van der Waals surface area contributed by atoms with E-state index >= 15 is 0 Å². The van der Waals surface area contributed by atoms with Gasteiger partial charge < -0.3 is 5.32 Å². The van der Waals surface area contributed by atoms with Crippen LogP contribution in [0.4, 0.5) is 19.1 Å². The van der Waals surface area contributed by atoms with Gasteiger partial charge >= 0.3 is 6.18 Å². The maximum absolute atomic E-state index is 12.5. The SMILES string of the molecule is FC(F)(F)c1ccnc(NCCN=Cc2ccccc2)n1. The molecule has 2 rings (SSSR count). The zero-order chi connectivity index (χ0) is 15.1. The molecule has 0 bridgehead atoms. The number of rotatable bonds is 5. The molecule has 0 aliphatic carbocycles. The van der Waals surface area contributed by atoms with E-state index in [4.69, 9.17) is 0 Å². The standard InChI is InChI=1S/C14H13F3N4/c15-14(16,17)12-6-7-19-13(21-12)20-9-8-18-10-11-4-2-1-3-5-11/h1-7,10H,8-9H2,(H,19,20,21). The van der Waals surface area contributed by atoms with Crippen molar-refractivity contribution in [1.29, 1.82) is 0 Å². The van der Waals surface area contributed by atoms with Crippen molar-refractivity contribution in [2.24, 2.45) is 4.99 Å². The van der Waals surface area contributed by atoms with E-state index in [0.717, 1.165) is 17.8 Å². The third kappa shape index (κ3) is 4.87. The normalized spacial score (nSPS) is 11.8. The molecule has 7 heteroatoms. The van der Waals surface area contributed by atoms with Crippen molar-refractivity contribution in [3.63, 3.8) is 0 Å². The second-order valence-corrected chi connectivity index (χ2v) is 4.14. The minimum atomic E-state index is -4.47. The lowest BCUT2D eigenvalue weighted by molar-refractivity contribution is -0.141. The van der Waals surface area contributed by atoms with Crippen molar-refractivity contribution < 1.29 is 13.2 Å². The Hall–Kier alpha value is -2.44. The summed E-state index contributed by atoms with van der Waals surface area (Å²) in [5.74, 6) is -0.0558. The van der Waals surface area contributed by atoms with Gasteiger partial charge in [-0.2, -0.15) is 13.2 Å². The van der Waals surface area contributed by atoms with Crippen LogP contribution in [0.2, 0.25) is 0 Å². The number of alkyl halides is 3. The highest BCUT2D eigenvalue weighted by molar-refractivity contribution is 5.79. The molecule has 0 amide bonds. The van der Waals surface area contributed by atoms with Gasteiger partial charge in [0.2, 0.25) is 5.95 Å². The number of anilines is 1. The van der Waals surface area contributed by atoms with Crippen molar-refractivity contribution >= 4 is 12.2 Å². The molecule has 2 aromatic rings. The Morgan fingerprint density at radius 2 is 1.90 bits per heavy atom. The highest BCUT2D eigenvalue weighted by Gasteiger charge is 2.32. The summed E-state index contributed by atoms with van der Waals surface area (Å²) in [7, 11) is 0. The van der Waals surface area contributed by atoms with Gasteiger partial charge in [0.15, 0.2) is 0 Å². The Morgan fingerprint density at radius 3 is 2.62 bits per heavy atom. The fourth-order valence-corrected chi connectivity index (χ4v) is 1.54. The first-order valence-electron chi connectivity index (χ1n) is 6.25. The number of nitrogens with zero attached hydrogens (tertiary/aromatic N) is 3. The topological polar surface area (TPSA) is 50.2 Å². The van der Waals surface area contributed by atoms with Gasteiger partial charge in [0.1, 0.15) is 5.69 Å². The average Bonchev–Trinajstić information content (AvgIpc) is 2.47. The minimum Gasteiger partial charge on any atom is -0.352 e. The van der Waals surface area contributed by atoms with E-state index in [2.05, 4.69) is 20.3 Å². The van der Waals surface area contributed by atoms with Crippen molar-refractivity contribution in [2.45, 2.75) is 6.18 Å². The van der Waals surface area contributed by atoms with Crippen LogP contribution in [-0.2, 0) is 6.18 Å². The fraction of sp³-hybridized carbons (Fsp3) is 0.214. The highest BCUT2D eigenvalue weighted by atomic mass is 19.4. The van der Waals surface area contributed by atoms with Crippen LogP contribution in [0.15, 0.2) is 47.6 Å².